The minimum absolute atomic E-state index is 0.174. The topological polar surface area (TPSA) is 99.5 Å². The van der Waals surface area contributed by atoms with Gasteiger partial charge in [-0.15, -0.1) is 0 Å². The van der Waals surface area contributed by atoms with E-state index in [0.29, 0.717) is 11.6 Å². The molecule has 0 atom stereocenters. The molecule has 9 nitrogen and oxygen atoms in total. The van der Waals surface area contributed by atoms with Crippen molar-refractivity contribution < 1.29 is 4.79 Å². The molecule has 1 saturated carbocycles. The van der Waals surface area contributed by atoms with E-state index in [1.165, 1.54) is 18.4 Å². The molecule has 6 rings (SSSR count). The lowest BCUT2D eigenvalue weighted by Gasteiger charge is -2.13. The van der Waals surface area contributed by atoms with Crippen LogP contribution in [0, 0.1) is 0 Å². The number of nitrogens with one attached hydrogen (secondary N) is 3. The largest absolute Gasteiger partial charge is 0.335 e. The van der Waals surface area contributed by atoms with E-state index >= 15 is 0 Å². The van der Waals surface area contributed by atoms with Gasteiger partial charge in [0.25, 0.3) is 0 Å². The van der Waals surface area contributed by atoms with Crippen LogP contribution in [0.1, 0.15) is 31.2 Å². The Morgan fingerprint density at radius 3 is 2.64 bits per heavy atom. The number of pyridine rings is 1. The number of benzene rings is 2. The summed E-state index contributed by atoms with van der Waals surface area (Å²) in [4.78, 5) is 29.2. The normalized spacial score (nSPS) is 13.5. The van der Waals surface area contributed by atoms with Gasteiger partial charge in [-0.25, -0.2) is 19.7 Å². The first kappa shape index (κ1) is 27.4. The highest BCUT2D eigenvalue weighted by molar-refractivity contribution is 5.91. The number of carbonyl (C=O) groups is 1. The molecule has 0 unspecified atom stereocenters. The summed E-state index contributed by atoms with van der Waals surface area (Å²) in [6.45, 7) is 0.981. The quantitative estimate of drug-likeness (QED) is 0.194. The minimum atomic E-state index is -0.174. The predicted molar refractivity (Wildman–Crippen MR) is 168 cm³/mol. The predicted octanol–water partition coefficient (Wildman–Crippen LogP) is 6.37. The maximum Gasteiger partial charge on any atom is 0.319 e. The van der Waals surface area contributed by atoms with Crippen LogP contribution in [0.5, 0.6) is 0 Å². The number of fused-ring (bicyclic) bond motifs is 1. The summed E-state index contributed by atoms with van der Waals surface area (Å²) in [5.74, 6) is 0.507. The van der Waals surface area contributed by atoms with Gasteiger partial charge < -0.3 is 20.9 Å². The van der Waals surface area contributed by atoms with E-state index in [4.69, 9.17) is 9.97 Å². The van der Waals surface area contributed by atoms with E-state index in [1.807, 2.05) is 65.2 Å². The molecule has 0 saturated heterocycles. The molecule has 9 heteroatoms. The lowest BCUT2D eigenvalue weighted by atomic mass is 10.1. The minimum Gasteiger partial charge on any atom is -0.335 e. The summed E-state index contributed by atoms with van der Waals surface area (Å²) in [5, 5.41) is 9.48. The first-order valence-electron chi connectivity index (χ1n) is 14.5. The number of nitrogens with zero attached hydrogens (tertiary/aromatic N) is 5. The monoisotopic (exact) mass is 560 g/mol. The Morgan fingerprint density at radius 1 is 0.952 bits per heavy atom. The number of anilines is 3. The number of imidazole rings is 1. The van der Waals surface area contributed by atoms with Crippen molar-refractivity contribution >= 4 is 29.0 Å². The summed E-state index contributed by atoms with van der Waals surface area (Å²) in [6.07, 6.45) is 9.12. The van der Waals surface area contributed by atoms with E-state index in [2.05, 4.69) is 58.1 Å². The molecule has 214 valence electrons. The van der Waals surface area contributed by atoms with Gasteiger partial charge in [0.1, 0.15) is 5.65 Å². The number of urea groups is 1. The van der Waals surface area contributed by atoms with Crippen molar-refractivity contribution in [2.45, 2.75) is 38.1 Å². The van der Waals surface area contributed by atoms with Gasteiger partial charge in [0.2, 0.25) is 5.95 Å². The number of rotatable bonds is 9. The zero-order chi connectivity index (χ0) is 28.9. The average molecular weight is 561 g/mol. The highest BCUT2D eigenvalue weighted by Crippen LogP contribution is 2.33. The Balaban J connectivity index is 1.30. The molecule has 2 amide bonds. The summed E-state index contributed by atoms with van der Waals surface area (Å²) in [5.41, 5.74) is 6.96. The summed E-state index contributed by atoms with van der Waals surface area (Å²) < 4.78 is 2.04. The molecule has 0 bridgehead atoms. The van der Waals surface area contributed by atoms with Crippen molar-refractivity contribution in [1.82, 2.24) is 29.6 Å². The molecule has 3 aromatic heterocycles. The van der Waals surface area contributed by atoms with Crippen molar-refractivity contribution in [3.05, 3.63) is 90.8 Å². The Morgan fingerprint density at radius 2 is 1.79 bits per heavy atom. The van der Waals surface area contributed by atoms with Crippen LogP contribution in [0.2, 0.25) is 0 Å². The maximum atomic E-state index is 12.7. The van der Waals surface area contributed by atoms with Gasteiger partial charge in [0, 0.05) is 41.9 Å². The molecule has 3 heterocycles. The molecule has 42 heavy (non-hydrogen) atoms. The van der Waals surface area contributed by atoms with E-state index < -0.39 is 0 Å². The zero-order valence-electron chi connectivity index (χ0n) is 24.0. The van der Waals surface area contributed by atoms with Crippen LogP contribution in [-0.4, -0.2) is 57.0 Å². The maximum absolute atomic E-state index is 12.7. The number of aromatic nitrogens is 4. The van der Waals surface area contributed by atoms with E-state index in [0.717, 1.165) is 59.8 Å². The number of hydrogen-bond acceptors (Lipinski definition) is 6. The molecule has 3 N–H and O–H groups in total. The van der Waals surface area contributed by atoms with Gasteiger partial charge in [-0.2, -0.15) is 0 Å². The van der Waals surface area contributed by atoms with Crippen LogP contribution in [0.15, 0.2) is 85.2 Å². The van der Waals surface area contributed by atoms with Crippen LogP contribution in [-0.2, 0) is 6.42 Å². The van der Waals surface area contributed by atoms with Crippen LogP contribution >= 0.6 is 0 Å². The van der Waals surface area contributed by atoms with Gasteiger partial charge in [-0.3, -0.25) is 4.40 Å². The van der Waals surface area contributed by atoms with Crippen LogP contribution < -0.4 is 16.0 Å². The number of likely N-dealkylation sites (N-methyl/N-ethyl adjacent to an activating group) is 1. The molecule has 0 radical (unpaired) electrons. The fourth-order valence-corrected chi connectivity index (χ4v) is 5.45. The molecular weight excluding hydrogens is 524 g/mol. The van der Waals surface area contributed by atoms with E-state index in [-0.39, 0.29) is 12.1 Å². The summed E-state index contributed by atoms with van der Waals surface area (Å²) in [7, 11) is 4.16. The molecular formula is C33H36N8O. The molecule has 1 aliphatic rings. The fraction of sp³-hybridized carbons (Fsp3) is 0.273. The lowest BCUT2D eigenvalue weighted by Crippen LogP contribution is -2.36. The van der Waals surface area contributed by atoms with Crippen LogP contribution in [0.3, 0.4) is 0 Å². The van der Waals surface area contributed by atoms with Crippen molar-refractivity contribution in [3.63, 3.8) is 0 Å². The molecule has 1 aliphatic carbocycles. The number of carbonyl (C=O) groups excluding carboxylic acids is 1. The van der Waals surface area contributed by atoms with Crippen LogP contribution in [0.25, 0.3) is 28.3 Å². The molecule has 0 aliphatic heterocycles. The smallest absolute Gasteiger partial charge is 0.319 e. The average Bonchev–Trinajstić information content (AvgIpc) is 3.64. The molecule has 2 aromatic carbocycles. The lowest BCUT2D eigenvalue weighted by molar-refractivity contribution is 0.248. The number of amides is 2. The Kier molecular flexibility index (Phi) is 8.09. The second kappa shape index (κ2) is 12.4. The highest BCUT2D eigenvalue weighted by atomic mass is 16.2. The van der Waals surface area contributed by atoms with Gasteiger partial charge in [-0.1, -0.05) is 43.2 Å². The third-order valence-corrected chi connectivity index (χ3v) is 7.54. The first-order valence-corrected chi connectivity index (χ1v) is 14.5. The van der Waals surface area contributed by atoms with Crippen molar-refractivity contribution in [3.8, 4) is 22.6 Å². The Bertz CT molecular complexity index is 1690. The van der Waals surface area contributed by atoms with Gasteiger partial charge in [0.15, 0.2) is 0 Å². The van der Waals surface area contributed by atoms with Gasteiger partial charge >= 0.3 is 6.03 Å². The molecule has 5 aromatic rings. The summed E-state index contributed by atoms with van der Waals surface area (Å²) >= 11 is 0. The second-order valence-corrected chi connectivity index (χ2v) is 11.0. The standard InChI is InChI=1S/C33H36N8O/c1-40(2)20-17-23-9-7-13-26(21-23)35-32-34-18-16-28(38-32)31-30(39-29-15-5-6-19-41(29)31)24-10-8-14-27(22-24)37-33(42)36-25-11-3-4-12-25/h5-10,13-16,18-19,21-22,25H,3-4,11-12,17,20H2,1-2H3,(H,34,35,38)(H2,36,37,42). The Hall–Kier alpha value is -4.76. The molecule has 1 fully saturated rings. The van der Waals surface area contributed by atoms with Crippen molar-refractivity contribution in [1.29, 1.82) is 0 Å². The van der Waals surface area contributed by atoms with Gasteiger partial charge in [-0.05, 0) is 81.4 Å². The fourth-order valence-electron chi connectivity index (χ4n) is 5.45. The highest BCUT2D eigenvalue weighted by Gasteiger charge is 2.20. The van der Waals surface area contributed by atoms with Crippen LogP contribution in [0.4, 0.5) is 22.1 Å². The number of hydrogen-bond donors (Lipinski definition) is 3. The second-order valence-electron chi connectivity index (χ2n) is 11.0. The van der Waals surface area contributed by atoms with Crippen molar-refractivity contribution in [2.24, 2.45) is 0 Å². The summed E-state index contributed by atoms with van der Waals surface area (Å²) in [6, 6.07) is 24.0. The van der Waals surface area contributed by atoms with Gasteiger partial charge in [0.05, 0.1) is 17.1 Å². The first-order chi connectivity index (χ1) is 20.5. The van der Waals surface area contributed by atoms with E-state index in [9.17, 15) is 4.79 Å². The third-order valence-electron chi connectivity index (χ3n) is 7.54. The zero-order valence-corrected chi connectivity index (χ0v) is 24.0. The van der Waals surface area contributed by atoms with E-state index in [1.54, 1.807) is 6.20 Å². The third kappa shape index (κ3) is 6.42. The molecule has 0 spiro atoms. The Labute approximate surface area is 246 Å². The van der Waals surface area contributed by atoms with Crippen molar-refractivity contribution in [2.75, 3.05) is 31.3 Å². The SMILES string of the molecule is CN(C)CCc1cccc(Nc2nccc(-c3c(-c4cccc(NC(=O)NC5CCCC5)c4)nc4ccccn34)n2)c1.